The van der Waals surface area contributed by atoms with Crippen LogP contribution in [0, 0.1) is 5.92 Å². The zero-order valence-corrected chi connectivity index (χ0v) is 10.5. The predicted octanol–water partition coefficient (Wildman–Crippen LogP) is 2.12. The molecule has 0 aromatic rings. The molecular weight excluding hydrogens is 200 g/mol. The van der Waals surface area contributed by atoms with Gasteiger partial charge in [0.1, 0.15) is 0 Å². The summed E-state index contributed by atoms with van der Waals surface area (Å²) in [6.45, 7) is 5.16. The Bertz CT molecular complexity index is 250. The van der Waals surface area contributed by atoms with E-state index in [2.05, 4.69) is 24.1 Å². The van der Waals surface area contributed by atoms with Gasteiger partial charge >= 0.3 is 0 Å². The number of hydrogen-bond acceptors (Lipinski definition) is 2. The molecule has 2 rings (SSSR count). The molecule has 0 bridgehead atoms. The molecule has 1 heterocycles. The summed E-state index contributed by atoms with van der Waals surface area (Å²) in [7, 11) is 0. The zero-order chi connectivity index (χ0) is 11.5. The zero-order valence-electron chi connectivity index (χ0n) is 10.5. The molecule has 1 saturated heterocycles. The van der Waals surface area contributed by atoms with Crippen molar-refractivity contribution >= 4 is 5.91 Å². The maximum atomic E-state index is 12.2. The second-order valence-electron chi connectivity index (χ2n) is 5.30. The second kappa shape index (κ2) is 5.17. The number of carbonyl (C=O) groups is 1. The Morgan fingerprint density at radius 2 is 2.25 bits per heavy atom. The average Bonchev–Trinajstić information content (AvgIpc) is 2.54. The molecule has 0 spiro atoms. The molecule has 1 N–H and O–H groups in total. The molecule has 2 unspecified atom stereocenters. The van der Waals surface area contributed by atoms with E-state index < -0.39 is 0 Å². The standard InChI is InChI=1S/C13H24N2O/c1-3-4-8-12-13(16)15(9-14-12)10(2)11-6-5-7-11/h10-12,14H,3-9H2,1-2H3. The highest BCUT2D eigenvalue weighted by atomic mass is 16.2. The number of carbonyl (C=O) groups excluding carboxylic acids is 1. The number of amides is 1. The minimum atomic E-state index is 0.0995. The van der Waals surface area contributed by atoms with Crippen molar-refractivity contribution in [2.24, 2.45) is 5.92 Å². The van der Waals surface area contributed by atoms with E-state index in [1.807, 2.05) is 0 Å². The number of nitrogens with zero attached hydrogens (tertiary/aromatic N) is 1. The molecule has 1 aliphatic heterocycles. The Morgan fingerprint density at radius 3 is 2.81 bits per heavy atom. The van der Waals surface area contributed by atoms with E-state index >= 15 is 0 Å². The molecular formula is C13H24N2O. The third kappa shape index (κ3) is 2.24. The largest absolute Gasteiger partial charge is 0.326 e. The quantitative estimate of drug-likeness (QED) is 0.776. The number of hydrogen-bond donors (Lipinski definition) is 1. The molecule has 1 amide bonds. The van der Waals surface area contributed by atoms with Crippen LogP contribution < -0.4 is 5.32 Å². The lowest BCUT2D eigenvalue weighted by Gasteiger charge is -2.36. The van der Waals surface area contributed by atoms with Crippen LogP contribution in [0.15, 0.2) is 0 Å². The third-order valence-electron chi connectivity index (χ3n) is 4.26. The van der Waals surface area contributed by atoms with Crippen molar-refractivity contribution in [3.05, 3.63) is 0 Å². The third-order valence-corrected chi connectivity index (χ3v) is 4.26. The van der Waals surface area contributed by atoms with E-state index in [9.17, 15) is 4.79 Å². The van der Waals surface area contributed by atoms with Crippen LogP contribution in [-0.4, -0.2) is 29.6 Å². The van der Waals surface area contributed by atoms with Crippen LogP contribution in [0.5, 0.6) is 0 Å². The van der Waals surface area contributed by atoms with Gasteiger partial charge in [0.2, 0.25) is 5.91 Å². The summed E-state index contributed by atoms with van der Waals surface area (Å²) in [6, 6.07) is 0.544. The van der Waals surface area contributed by atoms with Gasteiger partial charge < -0.3 is 4.90 Å². The van der Waals surface area contributed by atoms with E-state index in [-0.39, 0.29) is 6.04 Å². The van der Waals surface area contributed by atoms with Crippen LogP contribution in [-0.2, 0) is 4.79 Å². The molecule has 3 nitrogen and oxygen atoms in total. The lowest BCUT2D eigenvalue weighted by molar-refractivity contribution is -0.132. The normalized spacial score (nSPS) is 28.2. The van der Waals surface area contributed by atoms with Gasteiger partial charge in [-0.25, -0.2) is 0 Å². The van der Waals surface area contributed by atoms with Crippen molar-refractivity contribution in [1.82, 2.24) is 10.2 Å². The van der Waals surface area contributed by atoms with Crippen molar-refractivity contribution in [2.75, 3.05) is 6.67 Å². The first kappa shape index (κ1) is 11.9. The van der Waals surface area contributed by atoms with Crippen LogP contribution in [0.2, 0.25) is 0 Å². The molecule has 0 aromatic carbocycles. The van der Waals surface area contributed by atoms with Gasteiger partial charge in [-0.1, -0.05) is 26.2 Å². The fourth-order valence-electron chi connectivity index (χ4n) is 2.73. The summed E-state index contributed by atoms with van der Waals surface area (Å²) < 4.78 is 0. The van der Waals surface area contributed by atoms with Crippen LogP contribution in [0.3, 0.4) is 0 Å². The van der Waals surface area contributed by atoms with Gasteiger partial charge in [0.15, 0.2) is 0 Å². The predicted molar refractivity (Wildman–Crippen MR) is 65.0 cm³/mol. The Kier molecular flexibility index (Phi) is 3.85. The molecule has 2 atom stereocenters. The van der Waals surface area contributed by atoms with E-state index in [1.54, 1.807) is 0 Å². The summed E-state index contributed by atoms with van der Waals surface area (Å²) in [5.74, 6) is 1.10. The molecule has 0 radical (unpaired) electrons. The summed E-state index contributed by atoms with van der Waals surface area (Å²) in [5.41, 5.74) is 0. The van der Waals surface area contributed by atoms with Crippen LogP contribution >= 0.6 is 0 Å². The van der Waals surface area contributed by atoms with Gasteiger partial charge in [-0.2, -0.15) is 0 Å². The Balaban J connectivity index is 1.85. The lowest BCUT2D eigenvalue weighted by atomic mass is 9.80. The maximum absolute atomic E-state index is 12.2. The number of rotatable bonds is 5. The number of nitrogens with one attached hydrogen (secondary N) is 1. The highest BCUT2D eigenvalue weighted by Crippen LogP contribution is 2.33. The molecule has 2 fully saturated rings. The minimum absolute atomic E-state index is 0.0995. The molecule has 0 aromatic heterocycles. The molecule has 16 heavy (non-hydrogen) atoms. The van der Waals surface area contributed by atoms with Gasteiger partial charge in [0, 0.05) is 6.04 Å². The first-order valence-electron chi connectivity index (χ1n) is 6.78. The summed E-state index contributed by atoms with van der Waals surface area (Å²) in [5, 5.41) is 3.35. The van der Waals surface area contributed by atoms with Gasteiger partial charge in [0.05, 0.1) is 12.7 Å². The summed E-state index contributed by atoms with van der Waals surface area (Å²) in [6.07, 6.45) is 7.29. The Labute approximate surface area is 98.6 Å². The van der Waals surface area contributed by atoms with E-state index in [1.165, 1.54) is 25.7 Å². The van der Waals surface area contributed by atoms with Crippen molar-refractivity contribution in [1.29, 1.82) is 0 Å². The Hall–Kier alpha value is -0.570. The lowest BCUT2D eigenvalue weighted by Crippen LogP contribution is -2.43. The van der Waals surface area contributed by atoms with Crippen LogP contribution in [0.4, 0.5) is 0 Å². The van der Waals surface area contributed by atoms with E-state index in [4.69, 9.17) is 0 Å². The highest BCUT2D eigenvalue weighted by molar-refractivity contribution is 5.84. The molecule has 1 aliphatic carbocycles. The van der Waals surface area contributed by atoms with Crippen molar-refractivity contribution in [2.45, 2.75) is 64.5 Å². The first-order valence-corrected chi connectivity index (χ1v) is 6.78. The molecule has 2 aliphatic rings. The molecule has 92 valence electrons. The molecule has 3 heteroatoms. The Morgan fingerprint density at radius 1 is 1.50 bits per heavy atom. The van der Waals surface area contributed by atoms with Gasteiger partial charge in [-0.3, -0.25) is 10.1 Å². The van der Waals surface area contributed by atoms with Crippen LogP contribution in [0.25, 0.3) is 0 Å². The van der Waals surface area contributed by atoms with Gasteiger partial charge in [0.25, 0.3) is 0 Å². The topological polar surface area (TPSA) is 32.3 Å². The summed E-state index contributed by atoms with van der Waals surface area (Å²) >= 11 is 0. The first-order chi connectivity index (χ1) is 7.74. The fraction of sp³-hybridized carbons (Fsp3) is 0.923. The maximum Gasteiger partial charge on any atom is 0.241 e. The van der Waals surface area contributed by atoms with Crippen molar-refractivity contribution in [3.8, 4) is 0 Å². The van der Waals surface area contributed by atoms with Gasteiger partial charge in [-0.05, 0) is 32.1 Å². The van der Waals surface area contributed by atoms with E-state index in [0.717, 1.165) is 25.4 Å². The SMILES string of the molecule is CCCCC1NCN(C(C)C2CCC2)C1=O. The van der Waals surface area contributed by atoms with Crippen LogP contribution in [0.1, 0.15) is 52.4 Å². The number of unbranched alkanes of at least 4 members (excludes halogenated alkanes) is 1. The monoisotopic (exact) mass is 224 g/mol. The second-order valence-corrected chi connectivity index (χ2v) is 5.30. The fourth-order valence-corrected chi connectivity index (χ4v) is 2.73. The van der Waals surface area contributed by atoms with E-state index in [0.29, 0.717) is 11.9 Å². The van der Waals surface area contributed by atoms with Crippen molar-refractivity contribution < 1.29 is 4.79 Å². The smallest absolute Gasteiger partial charge is 0.241 e. The highest BCUT2D eigenvalue weighted by Gasteiger charge is 2.37. The molecule has 1 saturated carbocycles. The average molecular weight is 224 g/mol. The van der Waals surface area contributed by atoms with Gasteiger partial charge in [-0.15, -0.1) is 0 Å². The minimum Gasteiger partial charge on any atom is -0.326 e. The summed E-state index contributed by atoms with van der Waals surface area (Å²) in [4.78, 5) is 14.2. The van der Waals surface area contributed by atoms with Crippen molar-refractivity contribution in [3.63, 3.8) is 0 Å².